The number of nitrogens with one attached hydrogen (secondary N) is 1. The van der Waals surface area contributed by atoms with E-state index in [4.69, 9.17) is 0 Å². The minimum Gasteiger partial charge on any atom is -0.389 e. The van der Waals surface area contributed by atoms with Crippen LogP contribution in [0.4, 0.5) is 10.1 Å². The molecule has 0 saturated carbocycles. The molecule has 0 spiro atoms. The maximum atomic E-state index is 13.8. The molecule has 0 fully saturated rings. The van der Waals surface area contributed by atoms with Gasteiger partial charge in [-0.15, -0.1) is 0 Å². The predicted molar refractivity (Wildman–Crippen MR) is 96.0 cm³/mol. The lowest BCUT2D eigenvalue weighted by Crippen LogP contribution is -2.45. The molecular weight excluding hydrogens is 319 g/mol. The summed E-state index contributed by atoms with van der Waals surface area (Å²) in [4.78, 5) is 14.8. The Bertz CT molecular complexity index is 777. The lowest BCUT2D eigenvalue weighted by molar-refractivity contribution is -0.123. The molecule has 0 aliphatic carbocycles. The molecule has 1 heterocycles. The number of anilines is 1. The molecule has 1 aliphatic rings. The van der Waals surface area contributed by atoms with E-state index in [0.29, 0.717) is 17.8 Å². The van der Waals surface area contributed by atoms with Crippen LogP contribution < -0.4 is 10.2 Å². The smallest absolute Gasteiger partial charge is 0.237 e. The lowest BCUT2D eigenvalue weighted by atomic mass is 9.86. The number of hydrogen-bond donors (Lipinski definition) is 2. The topological polar surface area (TPSA) is 52.6 Å². The van der Waals surface area contributed by atoms with Gasteiger partial charge in [0, 0.05) is 12.2 Å². The summed E-state index contributed by atoms with van der Waals surface area (Å²) in [6, 6.07) is 13.3. The molecule has 2 aromatic carbocycles. The molecule has 5 heteroatoms. The number of fused-ring (bicyclic) bond motifs is 1. The first-order valence-electron chi connectivity index (χ1n) is 8.39. The van der Waals surface area contributed by atoms with Gasteiger partial charge in [0.1, 0.15) is 5.82 Å². The fourth-order valence-corrected chi connectivity index (χ4v) is 3.54. The number of benzene rings is 2. The van der Waals surface area contributed by atoms with E-state index >= 15 is 0 Å². The fourth-order valence-electron chi connectivity index (χ4n) is 3.54. The van der Waals surface area contributed by atoms with Crippen LogP contribution in [0.15, 0.2) is 48.5 Å². The van der Waals surface area contributed by atoms with Gasteiger partial charge in [0.05, 0.1) is 17.6 Å². The zero-order valence-corrected chi connectivity index (χ0v) is 14.7. The van der Waals surface area contributed by atoms with Crippen molar-refractivity contribution in [2.45, 2.75) is 31.4 Å². The Morgan fingerprint density at radius 2 is 1.88 bits per heavy atom. The SMILES string of the molecule is CNC[C@H](O)[C@H](c1ccccc1)N1C(=O)C(C)(C)c2cc(F)ccc21. The van der Waals surface area contributed by atoms with E-state index in [1.54, 1.807) is 31.9 Å². The maximum Gasteiger partial charge on any atom is 0.237 e. The van der Waals surface area contributed by atoms with Crippen LogP contribution in [0.2, 0.25) is 0 Å². The second-order valence-corrected chi connectivity index (χ2v) is 6.94. The van der Waals surface area contributed by atoms with Crippen LogP contribution in [0.25, 0.3) is 0 Å². The van der Waals surface area contributed by atoms with Crippen molar-refractivity contribution in [1.29, 1.82) is 0 Å². The number of nitrogens with zero attached hydrogens (tertiary/aromatic N) is 1. The summed E-state index contributed by atoms with van der Waals surface area (Å²) in [5.74, 6) is -0.509. The molecular formula is C20H23FN2O2. The van der Waals surface area contributed by atoms with Crippen molar-refractivity contribution >= 4 is 11.6 Å². The van der Waals surface area contributed by atoms with E-state index in [9.17, 15) is 14.3 Å². The molecule has 3 rings (SSSR count). The van der Waals surface area contributed by atoms with Crippen LogP contribution in [0.5, 0.6) is 0 Å². The second kappa shape index (κ2) is 6.58. The van der Waals surface area contributed by atoms with Gasteiger partial charge in [-0.3, -0.25) is 4.79 Å². The number of amides is 1. The molecule has 0 radical (unpaired) electrons. The number of hydrogen-bond acceptors (Lipinski definition) is 3. The van der Waals surface area contributed by atoms with Crippen molar-refractivity contribution in [1.82, 2.24) is 5.32 Å². The Hall–Kier alpha value is -2.24. The zero-order chi connectivity index (χ0) is 18.2. The maximum absolute atomic E-state index is 13.8. The summed E-state index contributed by atoms with van der Waals surface area (Å²) in [5, 5.41) is 13.7. The molecule has 4 nitrogen and oxygen atoms in total. The van der Waals surface area contributed by atoms with Crippen LogP contribution in [0.1, 0.15) is 31.0 Å². The highest BCUT2D eigenvalue weighted by Crippen LogP contribution is 2.46. The van der Waals surface area contributed by atoms with E-state index in [-0.39, 0.29) is 11.7 Å². The van der Waals surface area contributed by atoms with Crippen molar-refractivity contribution in [2.24, 2.45) is 0 Å². The number of likely N-dealkylation sites (N-methyl/N-ethyl adjacent to an activating group) is 1. The average Bonchev–Trinajstić information content (AvgIpc) is 2.77. The Balaban J connectivity index is 2.15. The van der Waals surface area contributed by atoms with E-state index in [0.717, 1.165) is 5.56 Å². The first-order valence-corrected chi connectivity index (χ1v) is 8.39. The van der Waals surface area contributed by atoms with Crippen molar-refractivity contribution in [2.75, 3.05) is 18.5 Å². The number of aliphatic hydroxyl groups excluding tert-OH is 1. The second-order valence-electron chi connectivity index (χ2n) is 6.94. The van der Waals surface area contributed by atoms with Gasteiger partial charge >= 0.3 is 0 Å². The van der Waals surface area contributed by atoms with Crippen LogP contribution >= 0.6 is 0 Å². The third-order valence-electron chi connectivity index (χ3n) is 4.84. The highest BCUT2D eigenvalue weighted by atomic mass is 19.1. The van der Waals surface area contributed by atoms with Gasteiger partial charge < -0.3 is 15.3 Å². The number of halogens is 1. The van der Waals surface area contributed by atoms with E-state index < -0.39 is 17.6 Å². The molecule has 0 saturated heterocycles. The monoisotopic (exact) mass is 342 g/mol. The first-order chi connectivity index (χ1) is 11.9. The Kier molecular flexibility index (Phi) is 4.62. The Morgan fingerprint density at radius 3 is 2.52 bits per heavy atom. The Labute approximate surface area is 147 Å². The highest BCUT2D eigenvalue weighted by molar-refractivity contribution is 6.08. The molecule has 132 valence electrons. The van der Waals surface area contributed by atoms with E-state index in [2.05, 4.69) is 5.32 Å². The third kappa shape index (κ3) is 2.94. The normalized spacial score (nSPS) is 18.1. The Morgan fingerprint density at radius 1 is 1.20 bits per heavy atom. The minimum absolute atomic E-state index is 0.142. The molecule has 2 N–H and O–H groups in total. The number of carbonyl (C=O) groups is 1. The average molecular weight is 342 g/mol. The van der Waals surface area contributed by atoms with Crippen molar-refractivity contribution in [3.05, 3.63) is 65.5 Å². The van der Waals surface area contributed by atoms with Crippen LogP contribution in [-0.4, -0.2) is 30.7 Å². The molecule has 1 amide bonds. The van der Waals surface area contributed by atoms with Gasteiger partial charge in [-0.1, -0.05) is 30.3 Å². The molecule has 2 aromatic rings. The van der Waals surface area contributed by atoms with Crippen molar-refractivity contribution in [3.8, 4) is 0 Å². The minimum atomic E-state index is -0.843. The van der Waals surface area contributed by atoms with Gasteiger partial charge in [-0.25, -0.2) is 4.39 Å². The molecule has 1 aliphatic heterocycles. The summed E-state index contributed by atoms with van der Waals surface area (Å²) in [6.45, 7) is 3.92. The lowest BCUT2D eigenvalue weighted by Gasteiger charge is -2.33. The summed E-state index contributed by atoms with van der Waals surface area (Å²) in [5.41, 5.74) is 1.30. The van der Waals surface area contributed by atoms with Crippen molar-refractivity contribution in [3.63, 3.8) is 0 Å². The van der Waals surface area contributed by atoms with Gasteiger partial charge in [0.25, 0.3) is 0 Å². The number of carbonyl (C=O) groups excluding carboxylic acids is 1. The first kappa shape index (κ1) is 17.6. The molecule has 0 aromatic heterocycles. The molecule has 0 unspecified atom stereocenters. The van der Waals surface area contributed by atoms with E-state index in [1.807, 2.05) is 30.3 Å². The molecule has 25 heavy (non-hydrogen) atoms. The standard InChI is InChI=1S/C20H23FN2O2/c1-20(2)15-11-14(21)9-10-16(15)23(19(20)25)18(17(24)12-22-3)13-7-5-4-6-8-13/h4-11,17-18,22,24H,12H2,1-3H3/t17-,18-/m0/s1. The largest absolute Gasteiger partial charge is 0.389 e. The summed E-state index contributed by atoms with van der Waals surface area (Å²) < 4.78 is 13.8. The van der Waals surface area contributed by atoms with Crippen molar-refractivity contribution < 1.29 is 14.3 Å². The van der Waals surface area contributed by atoms with Gasteiger partial charge in [-0.2, -0.15) is 0 Å². The van der Waals surface area contributed by atoms with Crippen LogP contribution in [0, 0.1) is 5.82 Å². The molecule has 0 bridgehead atoms. The zero-order valence-electron chi connectivity index (χ0n) is 14.7. The third-order valence-corrected chi connectivity index (χ3v) is 4.84. The summed E-state index contributed by atoms with van der Waals surface area (Å²) in [6.07, 6.45) is -0.803. The highest BCUT2D eigenvalue weighted by Gasteiger charge is 2.48. The summed E-state index contributed by atoms with van der Waals surface area (Å²) in [7, 11) is 1.75. The van der Waals surface area contributed by atoms with Crippen LogP contribution in [0.3, 0.4) is 0 Å². The molecule has 2 atom stereocenters. The van der Waals surface area contributed by atoms with Gasteiger partial charge in [0.2, 0.25) is 5.91 Å². The van der Waals surface area contributed by atoms with Crippen LogP contribution in [-0.2, 0) is 10.2 Å². The number of rotatable bonds is 5. The number of aliphatic hydroxyl groups is 1. The van der Waals surface area contributed by atoms with E-state index in [1.165, 1.54) is 12.1 Å². The quantitative estimate of drug-likeness (QED) is 0.878. The predicted octanol–water partition coefficient (Wildman–Crippen LogP) is 2.77. The van der Waals surface area contributed by atoms with Gasteiger partial charge in [-0.05, 0) is 50.2 Å². The summed E-state index contributed by atoms with van der Waals surface area (Å²) >= 11 is 0. The fraction of sp³-hybridized carbons (Fsp3) is 0.350. The van der Waals surface area contributed by atoms with Gasteiger partial charge in [0.15, 0.2) is 0 Å².